The molecule has 0 N–H and O–H groups in total. The zero-order valence-corrected chi connectivity index (χ0v) is 15.1. The summed E-state index contributed by atoms with van der Waals surface area (Å²) in [5.41, 5.74) is 0.0866. The summed E-state index contributed by atoms with van der Waals surface area (Å²) in [6.45, 7) is 15.1. The molecule has 1 unspecified atom stereocenters. The molecule has 0 aromatic heterocycles. The summed E-state index contributed by atoms with van der Waals surface area (Å²) in [7, 11) is 0. The van der Waals surface area contributed by atoms with Crippen LogP contribution >= 0.6 is 0 Å². The monoisotopic (exact) mass is 302 g/mol. The van der Waals surface area contributed by atoms with Crippen LogP contribution in [0.5, 0.6) is 11.5 Å². The van der Waals surface area contributed by atoms with Crippen LogP contribution in [-0.4, -0.2) is 12.7 Å². The van der Waals surface area contributed by atoms with Crippen molar-refractivity contribution in [1.29, 1.82) is 0 Å². The second-order valence-electron chi connectivity index (χ2n) is 5.93. The second kappa shape index (κ2) is 8.07. The van der Waals surface area contributed by atoms with Crippen molar-refractivity contribution >= 4 is 10.8 Å². The quantitative estimate of drug-likeness (QED) is 0.587. The largest absolute Gasteiger partial charge is 0.486 e. The first-order valence-electron chi connectivity index (χ1n) is 8.36. The normalized spacial score (nSPS) is 16.0. The lowest BCUT2D eigenvalue weighted by atomic mass is 9.89. The van der Waals surface area contributed by atoms with Crippen molar-refractivity contribution in [3.8, 4) is 11.5 Å². The minimum Gasteiger partial charge on any atom is -0.486 e. The van der Waals surface area contributed by atoms with Gasteiger partial charge in [0, 0.05) is 5.41 Å². The molecule has 1 atom stereocenters. The number of ether oxygens (including phenoxy) is 2. The summed E-state index contributed by atoms with van der Waals surface area (Å²) < 4.78 is 11.9. The van der Waals surface area contributed by atoms with Gasteiger partial charge >= 0.3 is 0 Å². The summed E-state index contributed by atoms with van der Waals surface area (Å²) in [6.07, 6.45) is 0.103. The van der Waals surface area contributed by atoms with Gasteiger partial charge in [-0.1, -0.05) is 72.7 Å². The lowest BCUT2D eigenvalue weighted by molar-refractivity contribution is 0.0166. The fourth-order valence-electron chi connectivity index (χ4n) is 2.18. The van der Waals surface area contributed by atoms with Crippen molar-refractivity contribution in [2.75, 3.05) is 6.61 Å². The van der Waals surface area contributed by atoms with E-state index in [1.807, 2.05) is 39.8 Å². The van der Waals surface area contributed by atoms with E-state index < -0.39 is 0 Å². The van der Waals surface area contributed by atoms with Gasteiger partial charge in [-0.25, -0.2) is 0 Å². The number of rotatable bonds is 0. The smallest absolute Gasteiger partial charge is 0.162 e. The lowest BCUT2D eigenvalue weighted by Gasteiger charge is -2.35. The van der Waals surface area contributed by atoms with Crippen molar-refractivity contribution in [2.24, 2.45) is 5.41 Å². The Labute approximate surface area is 135 Å². The van der Waals surface area contributed by atoms with Gasteiger partial charge in [-0.15, -0.1) is 0 Å². The Morgan fingerprint density at radius 3 is 1.86 bits per heavy atom. The molecule has 0 amide bonds. The maximum absolute atomic E-state index is 6.08. The molecule has 22 heavy (non-hydrogen) atoms. The molecule has 2 aromatic carbocycles. The summed E-state index contributed by atoms with van der Waals surface area (Å²) in [4.78, 5) is 0. The maximum atomic E-state index is 6.08. The Balaban J connectivity index is 0.000000561. The van der Waals surface area contributed by atoms with Crippen molar-refractivity contribution in [3.63, 3.8) is 0 Å². The summed E-state index contributed by atoms with van der Waals surface area (Å²) in [5, 5.41) is 2.38. The Hall–Kier alpha value is -1.70. The SMILES string of the molecule is CC.CC.CC(C)(C)C1COc2cc3ccccc3cc2O1. The fourth-order valence-corrected chi connectivity index (χ4v) is 2.18. The van der Waals surface area contributed by atoms with Gasteiger partial charge in [0.25, 0.3) is 0 Å². The standard InChI is InChI=1S/C16H18O2.2C2H6/c1-16(2,3)15-10-17-13-8-11-6-4-5-7-12(11)9-14(13)18-15;2*1-2/h4-9,15H,10H2,1-3H3;2*1-2H3. The molecule has 0 aliphatic carbocycles. The van der Waals surface area contributed by atoms with Crippen LogP contribution in [0.15, 0.2) is 36.4 Å². The van der Waals surface area contributed by atoms with Gasteiger partial charge in [-0.05, 0) is 22.9 Å². The van der Waals surface area contributed by atoms with Gasteiger partial charge in [0.1, 0.15) is 12.7 Å². The van der Waals surface area contributed by atoms with E-state index in [0.717, 1.165) is 11.5 Å². The zero-order valence-electron chi connectivity index (χ0n) is 15.1. The van der Waals surface area contributed by atoms with Crippen LogP contribution in [0.1, 0.15) is 48.5 Å². The van der Waals surface area contributed by atoms with Gasteiger partial charge in [0.05, 0.1) is 0 Å². The Morgan fingerprint density at radius 1 is 0.864 bits per heavy atom. The molecule has 0 spiro atoms. The van der Waals surface area contributed by atoms with Crippen LogP contribution in [0.4, 0.5) is 0 Å². The first-order valence-corrected chi connectivity index (χ1v) is 8.36. The van der Waals surface area contributed by atoms with Crippen LogP contribution < -0.4 is 9.47 Å². The van der Waals surface area contributed by atoms with E-state index in [1.54, 1.807) is 0 Å². The van der Waals surface area contributed by atoms with Crippen molar-refractivity contribution < 1.29 is 9.47 Å². The molecule has 0 saturated heterocycles. The van der Waals surface area contributed by atoms with E-state index in [9.17, 15) is 0 Å². The average Bonchev–Trinajstić information content (AvgIpc) is 2.55. The molecular formula is C20H30O2. The van der Waals surface area contributed by atoms with Crippen LogP contribution in [0.25, 0.3) is 10.8 Å². The van der Waals surface area contributed by atoms with Gasteiger partial charge in [0.15, 0.2) is 11.5 Å². The van der Waals surface area contributed by atoms with E-state index in [-0.39, 0.29) is 11.5 Å². The molecule has 0 radical (unpaired) electrons. The molecule has 2 heteroatoms. The van der Waals surface area contributed by atoms with Crippen molar-refractivity contribution in [1.82, 2.24) is 0 Å². The molecule has 2 nitrogen and oxygen atoms in total. The first-order chi connectivity index (χ1) is 10.5. The Kier molecular flexibility index (Phi) is 6.73. The van der Waals surface area contributed by atoms with E-state index >= 15 is 0 Å². The van der Waals surface area contributed by atoms with Crippen molar-refractivity contribution in [3.05, 3.63) is 36.4 Å². The van der Waals surface area contributed by atoms with Crippen molar-refractivity contribution in [2.45, 2.75) is 54.6 Å². The van der Waals surface area contributed by atoms with E-state index in [2.05, 4.69) is 45.0 Å². The van der Waals surface area contributed by atoms with Gasteiger partial charge in [-0.3, -0.25) is 0 Å². The van der Waals surface area contributed by atoms with E-state index in [4.69, 9.17) is 9.47 Å². The third kappa shape index (κ3) is 4.16. The number of fused-ring (bicyclic) bond motifs is 2. The van der Waals surface area contributed by atoms with Gasteiger partial charge in [0.2, 0.25) is 0 Å². The molecule has 3 rings (SSSR count). The van der Waals surface area contributed by atoms with Crippen LogP contribution in [0.3, 0.4) is 0 Å². The topological polar surface area (TPSA) is 18.5 Å². The van der Waals surface area contributed by atoms with Crippen LogP contribution in [0, 0.1) is 5.41 Å². The molecule has 0 bridgehead atoms. The molecule has 1 heterocycles. The van der Waals surface area contributed by atoms with E-state index in [0.29, 0.717) is 6.61 Å². The molecule has 1 aliphatic rings. The summed E-state index contributed by atoms with van der Waals surface area (Å²) in [5.74, 6) is 1.72. The maximum Gasteiger partial charge on any atom is 0.162 e. The lowest BCUT2D eigenvalue weighted by Crippen LogP contribution is -2.39. The Morgan fingerprint density at radius 2 is 1.36 bits per heavy atom. The highest BCUT2D eigenvalue weighted by Crippen LogP contribution is 2.38. The van der Waals surface area contributed by atoms with Crippen LogP contribution in [-0.2, 0) is 0 Å². The Bertz CT molecular complexity index is 582. The van der Waals surface area contributed by atoms with Gasteiger partial charge < -0.3 is 9.47 Å². The predicted octanol–water partition coefficient (Wildman–Crippen LogP) is 6.08. The summed E-state index contributed by atoms with van der Waals surface area (Å²) in [6, 6.07) is 12.4. The highest BCUT2D eigenvalue weighted by molar-refractivity contribution is 5.86. The van der Waals surface area contributed by atoms with Crippen LogP contribution in [0.2, 0.25) is 0 Å². The predicted molar refractivity (Wildman–Crippen MR) is 96.0 cm³/mol. The minimum absolute atomic E-state index is 0.0866. The molecule has 0 fully saturated rings. The molecule has 0 saturated carbocycles. The highest BCUT2D eigenvalue weighted by atomic mass is 16.6. The van der Waals surface area contributed by atoms with Gasteiger partial charge in [-0.2, -0.15) is 0 Å². The first kappa shape index (κ1) is 18.3. The third-order valence-corrected chi connectivity index (χ3v) is 3.44. The highest BCUT2D eigenvalue weighted by Gasteiger charge is 2.31. The minimum atomic E-state index is 0.0866. The molecule has 122 valence electrons. The molecule has 1 aliphatic heterocycles. The summed E-state index contributed by atoms with van der Waals surface area (Å²) >= 11 is 0. The third-order valence-electron chi connectivity index (χ3n) is 3.44. The number of hydrogen-bond donors (Lipinski definition) is 0. The van der Waals surface area contributed by atoms with E-state index in [1.165, 1.54) is 10.8 Å². The molecule has 2 aromatic rings. The average molecular weight is 302 g/mol. The second-order valence-corrected chi connectivity index (χ2v) is 5.93. The number of benzene rings is 2. The molecular weight excluding hydrogens is 272 g/mol. The fraction of sp³-hybridized carbons (Fsp3) is 0.500. The zero-order chi connectivity index (χ0) is 16.8. The number of hydrogen-bond acceptors (Lipinski definition) is 2.